The molecule has 1 rings (SSSR count). The van der Waals surface area contributed by atoms with E-state index in [0.29, 0.717) is 36.8 Å². The lowest BCUT2D eigenvalue weighted by atomic mass is 10.1. The summed E-state index contributed by atoms with van der Waals surface area (Å²) in [4.78, 5) is 11.4. The molecule has 0 aliphatic heterocycles. The number of esters is 1. The standard InChI is InChI=1S/C11H18N2O4/c1-4-15-10-8(7(3)17-13-10)6-9(12)11(14)16-5-2/h9H,4-6,12H2,1-3H3. The average Bonchev–Trinajstić information content (AvgIpc) is 2.62. The lowest BCUT2D eigenvalue weighted by Gasteiger charge is -2.10. The average molecular weight is 242 g/mol. The van der Waals surface area contributed by atoms with Gasteiger partial charge in [0, 0.05) is 6.42 Å². The van der Waals surface area contributed by atoms with E-state index in [1.54, 1.807) is 13.8 Å². The molecule has 17 heavy (non-hydrogen) atoms. The largest absolute Gasteiger partial charge is 0.476 e. The summed E-state index contributed by atoms with van der Waals surface area (Å²) < 4.78 is 15.1. The van der Waals surface area contributed by atoms with E-state index in [1.807, 2.05) is 6.92 Å². The number of ether oxygens (including phenoxy) is 2. The predicted octanol–water partition coefficient (Wildman–Crippen LogP) is 0.815. The molecular formula is C11H18N2O4. The Labute approximate surface area is 100 Å². The highest BCUT2D eigenvalue weighted by Crippen LogP contribution is 2.22. The lowest BCUT2D eigenvalue weighted by molar-refractivity contribution is -0.144. The molecule has 0 spiro atoms. The van der Waals surface area contributed by atoms with Crippen LogP contribution in [0.5, 0.6) is 5.88 Å². The van der Waals surface area contributed by atoms with Gasteiger partial charge in [-0.2, -0.15) is 0 Å². The Kier molecular flexibility index (Phi) is 4.96. The molecule has 2 N–H and O–H groups in total. The van der Waals surface area contributed by atoms with Crippen LogP contribution < -0.4 is 10.5 Å². The monoisotopic (exact) mass is 242 g/mol. The molecule has 0 saturated heterocycles. The van der Waals surface area contributed by atoms with E-state index in [4.69, 9.17) is 19.7 Å². The molecule has 1 heterocycles. The Hall–Kier alpha value is -1.56. The van der Waals surface area contributed by atoms with Gasteiger partial charge in [0.25, 0.3) is 5.88 Å². The zero-order chi connectivity index (χ0) is 12.8. The smallest absolute Gasteiger partial charge is 0.323 e. The van der Waals surface area contributed by atoms with E-state index in [2.05, 4.69) is 5.16 Å². The van der Waals surface area contributed by atoms with Crippen LogP contribution in [0.25, 0.3) is 0 Å². The number of hydrogen-bond acceptors (Lipinski definition) is 6. The van der Waals surface area contributed by atoms with Crippen molar-refractivity contribution in [1.29, 1.82) is 0 Å². The summed E-state index contributed by atoms with van der Waals surface area (Å²) in [7, 11) is 0. The van der Waals surface area contributed by atoms with Crippen LogP contribution in [0.15, 0.2) is 4.52 Å². The summed E-state index contributed by atoms with van der Waals surface area (Å²) >= 11 is 0. The first-order chi connectivity index (χ1) is 8.10. The summed E-state index contributed by atoms with van der Waals surface area (Å²) in [5.74, 6) is 0.563. The number of nitrogens with two attached hydrogens (primary N) is 1. The minimum Gasteiger partial charge on any atom is -0.476 e. The second kappa shape index (κ2) is 6.24. The number of rotatable bonds is 6. The molecule has 0 bridgehead atoms. The number of carbonyl (C=O) groups is 1. The fourth-order valence-corrected chi connectivity index (χ4v) is 1.40. The van der Waals surface area contributed by atoms with Crippen LogP contribution in [0.4, 0.5) is 0 Å². The molecule has 6 heteroatoms. The summed E-state index contributed by atoms with van der Waals surface area (Å²) in [5, 5.41) is 3.76. The maximum atomic E-state index is 11.4. The van der Waals surface area contributed by atoms with Crippen LogP contribution in [0.1, 0.15) is 25.2 Å². The van der Waals surface area contributed by atoms with Crippen LogP contribution in [-0.2, 0) is 16.0 Å². The van der Waals surface area contributed by atoms with Gasteiger partial charge in [-0.25, -0.2) is 0 Å². The number of hydrogen-bond donors (Lipinski definition) is 1. The highest BCUT2D eigenvalue weighted by Gasteiger charge is 2.22. The molecule has 0 fully saturated rings. The normalized spacial score (nSPS) is 12.2. The summed E-state index contributed by atoms with van der Waals surface area (Å²) in [6.45, 7) is 6.13. The van der Waals surface area contributed by atoms with Gasteiger partial charge in [-0.1, -0.05) is 0 Å². The Morgan fingerprint density at radius 2 is 2.18 bits per heavy atom. The van der Waals surface area contributed by atoms with Crippen molar-refractivity contribution >= 4 is 5.97 Å². The van der Waals surface area contributed by atoms with Crippen LogP contribution >= 0.6 is 0 Å². The Morgan fingerprint density at radius 3 is 2.76 bits per heavy atom. The zero-order valence-corrected chi connectivity index (χ0v) is 10.4. The third kappa shape index (κ3) is 3.45. The van der Waals surface area contributed by atoms with Crippen molar-refractivity contribution in [3.05, 3.63) is 11.3 Å². The molecule has 96 valence electrons. The van der Waals surface area contributed by atoms with Crippen molar-refractivity contribution < 1.29 is 18.8 Å². The molecule has 0 aliphatic carbocycles. The lowest BCUT2D eigenvalue weighted by Crippen LogP contribution is -2.34. The van der Waals surface area contributed by atoms with Crippen LogP contribution in [0, 0.1) is 6.92 Å². The van der Waals surface area contributed by atoms with Crippen LogP contribution in [0.2, 0.25) is 0 Å². The minimum atomic E-state index is -0.729. The fraction of sp³-hybridized carbons (Fsp3) is 0.636. The molecule has 0 amide bonds. The second-order valence-corrected chi connectivity index (χ2v) is 3.52. The number of nitrogens with zero attached hydrogens (tertiary/aromatic N) is 1. The topological polar surface area (TPSA) is 87.6 Å². The van der Waals surface area contributed by atoms with Gasteiger partial charge in [-0.3, -0.25) is 4.79 Å². The first-order valence-electron chi connectivity index (χ1n) is 5.60. The van der Waals surface area contributed by atoms with Crippen molar-refractivity contribution in [3.63, 3.8) is 0 Å². The summed E-state index contributed by atoms with van der Waals surface area (Å²) in [6, 6.07) is -0.729. The number of aryl methyl sites for hydroxylation is 1. The van der Waals surface area contributed by atoms with Gasteiger partial charge in [-0.05, 0) is 25.9 Å². The van der Waals surface area contributed by atoms with Gasteiger partial charge in [0.2, 0.25) is 0 Å². The van der Waals surface area contributed by atoms with Crippen molar-refractivity contribution in [2.45, 2.75) is 33.2 Å². The fourth-order valence-electron chi connectivity index (χ4n) is 1.40. The molecule has 0 aliphatic rings. The van der Waals surface area contributed by atoms with E-state index >= 15 is 0 Å². The molecule has 1 unspecified atom stereocenters. The highest BCUT2D eigenvalue weighted by atomic mass is 16.5. The number of carbonyl (C=O) groups excluding carboxylic acids is 1. The summed E-state index contributed by atoms with van der Waals surface area (Å²) in [5.41, 5.74) is 6.44. The van der Waals surface area contributed by atoms with E-state index in [-0.39, 0.29) is 0 Å². The number of aromatic nitrogens is 1. The molecule has 0 saturated carbocycles. The van der Waals surface area contributed by atoms with Crippen molar-refractivity contribution in [3.8, 4) is 5.88 Å². The van der Waals surface area contributed by atoms with Gasteiger partial charge < -0.3 is 19.7 Å². The molecule has 6 nitrogen and oxygen atoms in total. The Balaban J connectivity index is 2.72. The van der Waals surface area contributed by atoms with Gasteiger partial charge in [0.05, 0.1) is 18.8 Å². The van der Waals surface area contributed by atoms with Gasteiger partial charge in [0.15, 0.2) is 0 Å². The molecule has 1 aromatic rings. The first-order valence-corrected chi connectivity index (χ1v) is 5.60. The van der Waals surface area contributed by atoms with Gasteiger partial charge in [-0.15, -0.1) is 0 Å². The quantitative estimate of drug-likeness (QED) is 0.743. The second-order valence-electron chi connectivity index (χ2n) is 3.52. The van der Waals surface area contributed by atoms with Crippen LogP contribution in [-0.4, -0.2) is 30.4 Å². The van der Waals surface area contributed by atoms with Crippen LogP contribution in [0.3, 0.4) is 0 Å². The molecule has 0 radical (unpaired) electrons. The Morgan fingerprint density at radius 1 is 1.47 bits per heavy atom. The third-order valence-electron chi connectivity index (χ3n) is 2.24. The molecular weight excluding hydrogens is 224 g/mol. The Bertz CT molecular complexity index is 376. The highest BCUT2D eigenvalue weighted by molar-refractivity contribution is 5.76. The van der Waals surface area contributed by atoms with Gasteiger partial charge in [0.1, 0.15) is 11.8 Å². The third-order valence-corrected chi connectivity index (χ3v) is 2.24. The first kappa shape index (κ1) is 13.5. The van der Waals surface area contributed by atoms with Crippen molar-refractivity contribution in [1.82, 2.24) is 5.16 Å². The van der Waals surface area contributed by atoms with E-state index in [1.165, 1.54) is 0 Å². The van der Waals surface area contributed by atoms with E-state index in [9.17, 15) is 4.79 Å². The predicted molar refractivity (Wildman–Crippen MR) is 60.7 cm³/mol. The zero-order valence-electron chi connectivity index (χ0n) is 10.4. The van der Waals surface area contributed by atoms with E-state index < -0.39 is 12.0 Å². The minimum absolute atomic E-state index is 0.295. The molecule has 0 aromatic carbocycles. The van der Waals surface area contributed by atoms with Crippen molar-refractivity contribution in [2.75, 3.05) is 13.2 Å². The van der Waals surface area contributed by atoms with E-state index in [0.717, 1.165) is 0 Å². The SMILES string of the molecule is CCOC(=O)C(N)Cc1c(OCC)noc1C. The maximum absolute atomic E-state index is 11.4. The molecule has 1 atom stereocenters. The van der Waals surface area contributed by atoms with Gasteiger partial charge >= 0.3 is 5.97 Å². The maximum Gasteiger partial charge on any atom is 0.323 e. The van der Waals surface area contributed by atoms with Crippen molar-refractivity contribution in [2.24, 2.45) is 5.73 Å². The molecule has 1 aromatic heterocycles. The summed E-state index contributed by atoms with van der Waals surface area (Å²) in [6.07, 6.45) is 0.295.